The van der Waals surface area contributed by atoms with E-state index in [2.05, 4.69) is 42.3 Å². The highest BCUT2D eigenvalue weighted by molar-refractivity contribution is 4.84. The summed E-state index contributed by atoms with van der Waals surface area (Å²) in [6, 6.07) is 0. The fraction of sp³-hybridized carbons (Fsp3) is 0.897. The molecule has 1 rings (SSSR count). The van der Waals surface area contributed by atoms with Crippen molar-refractivity contribution >= 4 is 0 Å². The van der Waals surface area contributed by atoms with Crippen molar-refractivity contribution < 1.29 is 4.57 Å². The summed E-state index contributed by atoms with van der Waals surface area (Å²) in [5, 5.41) is 0. The van der Waals surface area contributed by atoms with Crippen molar-refractivity contribution in [1.29, 1.82) is 0 Å². The molecule has 0 aromatic carbocycles. The van der Waals surface area contributed by atoms with E-state index in [4.69, 9.17) is 0 Å². The minimum atomic E-state index is 1.20. The molecule has 31 heavy (non-hydrogen) atoms. The Labute approximate surface area is 196 Å². The molecule has 0 aliphatic heterocycles. The summed E-state index contributed by atoms with van der Waals surface area (Å²) in [5.74, 6) is 1.59. The van der Waals surface area contributed by atoms with Gasteiger partial charge in [-0.2, -0.15) is 0 Å². The van der Waals surface area contributed by atoms with Crippen molar-refractivity contribution in [2.75, 3.05) is 0 Å². The van der Waals surface area contributed by atoms with Crippen LogP contribution in [0.25, 0.3) is 0 Å². The number of aromatic nitrogens is 2. The molecule has 2 nitrogen and oxygen atoms in total. The van der Waals surface area contributed by atoms with Gasteiger partial charge in [0.05, 0.1) is 13.1 Å². The smallest absolute Gasteiger partial charge is 0.234 e. The van der Waals surface area contributed by atoms with Crippen LogP contribution < -0.4 is 4.57 Å². The van der Waals surface area contributed by atoms with Gasteiger partial charge in [-0.15, -0.1) is 0 Å². The Balaban J connectivity index is 2.26. The maximum Gasteiger partial charge on any atom is 0.256 e. The topological polar surface area (TPSA) is 8.81 Å². The summed E-state index contributed by atoms with van der Waals surface area (Å²) in [6.45, 7) is 9.34. The van der Waals surface area contributed by atoms with Crippen LogP contribution in [0.4, 0.5) is 0 Å². The molecule has 0 N–H and O–H groups in total. The zero-order chi connectivity index (χ0) is 22.4. The van der Waals surface area contributed by atoms with E-state index < -0.39 is 0 Å². The van der Waals surface area contributed by atoms with E-state index in [1.165, 1.54) is 148 Å². The molecule has 1 heterocycles. The first-order chi connectivity index (χ1) is 15.3. The molecule has 182 valence electrons. The van der Waals surface area contributed by atoms with Crippen LogP contribution in [0.1, 0.15) is 155 Å². The molecular formula is C29H57N2+. The lowest BCUT2D eigenvalue weighted by Gasteiger charge is -2.06. The van der Waals surface area contributed by atoms with Crippen molar-refractivity contribution in [2.45, 2.75) is 169 Å². The van der Waals surface area contributed by atoms with E-state index in [0.29, 0.717) is 0 Å². The molecule has 0 amide bonds. The molecule has 0 saturated carbocycles. The first-order valence-corrected chi connectivity index (χ1v) is 14.4. The van der Waals surface area contributed by atoms with Crippen LogP contribution in [-0.4, -0.2) is 4.57 Å². The van der Waals surface area contributed by atoms with Gasteiger partial charge >= 0.3 is 0 Å². The number of imidazole rings is 1. The molecule has 0 unspecified atom stereocenters. The van der Waals surface area contributed by atoms with Crippen LogP contribution in [0.15, 0.2) is 12.4 Å². The SMILES string of the molecule is CCCCCCCCCCCc1n(CCCCCCCCCCC)cc[n+]1CCCC. The van der Waals surface area contributed by atoms with Crippen LogP contribution in [-0.2, 0) is 19.5 Å². The molecular weight excluding hydrogens is 376 g/mol. The average Bonchev–Trinajstić information content (AvgIpc) is 3.16. The minimum absolute atomic E-state index is 1.20. The summed E-state index contributed by atoms with van der Waals surface area (Å²) < 4.78 is 5.14. The van der Waals surface area contributed by atoms with E-state index in [1.54, 1.807) is 5.82 Å². The zero-order valence-electron chi connectivity index (χ0n) is 21.8. The Morgan fingerprint density at radius 1 is 0.548 bits per heavy atom. The van der Waals surface area contributed by atoms with E-state index >= 15 is 0 Å². The fourth-order valence-electron chi connectivity index (χ4n) is 4.71. The maximum absolute atomic E-state index is 2.58. The minimum Gasteiger partial charge on any atom is -0.234 e. The molecule has 0 aliphatic rings. The van der Waals surface area contributed by atoms with E-state index in [-0.39, 0.29) is 0 Å². The molecule has 0 bridgehead atoms. The number of hydrogen-bond donors (Lipinski definition) is 0. The number of rotatable bonds is 23. The van der Waals surface area contributed by atoms with Gasteiger partial charge in [-0.1, -0.05) is 124 Å². The Bertz CT molecular complexity index is 491. The average molecular weight is 434 g/mol. The molecule has 0 atom stereocenters. The molecule has 1 aromatic rings. The zero-order valence-corrected chi connectivity index (χ0v) is 21.8. The van der Waals surface area contributed by atoms with Crippen LogP contribution in [0.5, 0.6) is 0 Å². The van der Waals surface area contributed by atoms with Gasteiger partial charge in [-0.25, -0.2) is 9.13 Å². The van der Waals surface area contributed by atoms with Crippen molar-refractivity contribution in [3.63, 3.8) is 0 Å². The molecule has 0 radical (unpaired) electrons. The first-order valence-electron chi connectivity index (χ1n) is 14.4. The quantitative estimate of drug-likeness (QED) is 0.120. The molecule has 2 heteroatoms. The summed E-state index contributed by atoms with van der Waals surface area (Å²) in [5.41, 5.74) is 0. The molecule has 0 fully saturated rings. The van der Waals surface area contributed by atoms with Gasteiger partial charge in [0.25, 0.3) is 5.82 Å². The molecule has 1 aromatic heterocycles. The summed E-state index contributed by atoms with van der Waals surface area (Å²) in [4.78, 5) is 0. The van der Waals surface area contributed by atoms with Crippen molar-refractivity contribution in [2.24, 2.45) is 0 Å². The molecule has 0 spiro atoms. The van der Waals surface area contributed by atoms with Crippen molar-refractivity contribution in [1.82, 2.24) is 4.57 Å². The lowest BCUT2D eigenvalue weighted by atomic mass is 10.1. The third-order valence-corrected chi connectivity index (χ3v) is 6.85. The Hall–Kier alpha value is -0.790. The second-order valence-corrected chi connectivity index (χ2v) is 9.86. The standard InChI is InChI=1S/C29H57N2/c1-4-7-10-12-14-16-18-20-22-24-29-30(25-9-6-3)27-28-31(29)26-23-21-19-17-15-13-11-8-5-2/h27-28H,4-26H2,1-3H3/q+1. The van der Waals surface area contributed by atoms with Crippen molar-refractivity contribution in [3.8, 4) is 0 Å². The van der Waals surface area contributed by atoms with Gasteiger partial charge in [0, 0.05) is 6.42 Å². The molecule has 0 saturated heterocycles. The number of nitrogens with zero attached hydrogens (tertiary/aromatic N) is 2. The predicted molar refractivity (Wildman–Crippen MR) is 138 cm³/mol. The second-order valence-electron chi connectivity index (χ2n) is 9.86. The largest absolute Gasteiger partial charge is 0.256 e. The van der Waals surface area contributed by atoms with E-state index in [9.17, 15) is 0 Å². The summed E-state index contributed by atoms with van der Waals surface area (Å²) >= 11 is 0. The Morgan fingerprint density at radius 3 is 1.52 bits per heavy atom. The lowest BCUT2D eigenvalue weighted by molar-refractivity contribution is -0.704. The highest BCUT2D eigenvalue weighted by atomic mass is 15.1. The highest BCUT2D eigenvalue weighted by Gasteiger charge is 2.16. The highest BCUT2D eigenvalue weighted by Crippen LogP contribution is 2.13. The first kappa shape index (κ1) is 28.2. The third-order valence-electron chi connectivity index (χ3n) is 6.85. The van der Waals surface area contributed by atoms with Crippen molar-refractivity contribution in [3.05, 3.63) is 18.2 Å². The van der Waals surface area contributed by atoms with Gasteiger partial charge in [0.2, 0.25) is 0 Å². The van der Waals surface area contributed by atoms with Crippen LogP contribution in [0, 0.1) is 0 Å². The van der Waals surface area contributed by atoms with Crippen LogP contribution in [0.2, 0.25) is 0 Å². The normalized spacial score (nSPS) is 11.5. The number of hydrogen-bond acceptors (Lipinski definition) is 0. The van der Waals surface area contributed by atoms with E-state index in [1.807, 2.05) is 0 Å². The third kappa shape index (κ3) is 14.8. The second kappa shape index (κ2) is 21.1. The maximum atomic E-state index is 2.58. The Morgan fingerprint density at radius 2 is 1.00 bits per heavy atom. The lowest BCUT2D eigenvalue weighted by Crippen LogP contribution is -2.37. The predicted octanol–water partition coefficient (Wildman–Crippen LogP) is 9.18. The fourth-order valence-corrected chi connectivity index (χ4v) is 4.71. The van der Waals surface area contributed by atoms with Gasteiger partial charge in [0.1, 0.15) is 12.4 Å². The molecule has 0 aliphatic carbocycles. The summed E-state index contributed by atoms with van der Waals surface area (Å²) in [6.07, 6.45) is 34.1. The van der Waals surface area contributed by atoms with Gasteiger partial charge < -0.3 is 0 Å². The van der Waals surface area contributed by atoms with E-state index in [0.717, 1.165) is 0 Å². The number of aryl methyl sites for hydroxylation is 2. The van der Waals surface area contributed by atoms with Gasteiger partial charge in [-0.05, 0) is 25.7 Å². The van der Waals surface area contributed by atoms with Crippen LogP contribution >= 0.6 is 0 Å². The summed E-state index contributed by atoms with van der Waals surface area (Å²) in [7, 11) is 0. The van der Waals surface area contributed by atoms with Gasteiger partial charge in [0.15, 0.2) is 0 Å². The monoisotopic (exact) mass is 433 g/mol. The number of unbranched alkanes of at least 4 members (excludes halogenated alkanes) is 17. The van der Waals surface area contributed by atoms with Gasteiger partial charge in [-0.3, -0.25) is 0 Å². The van der Waals surface area contributed by atoms with Crippen LogP contribution in [0.3, 0.4) is 0 Å². The Kier molecular flexibility index (Phi) is 19.2.